The molecule has 0 bridgehead atoms. The zero-order chi connectivity index (χ0) is 28.5. The fraction of sp³-hybridized carbons (Fsp3) is 0.441. The molecule has 2 heterocycles. The molecule has 2 fully saturated rings. The molecule has 0 amide bonds. The highest BCUT2D eigenvalue weighted by atomic mass is 16.7. The van der Waals surface area contributed by atoms with Gasteiger partial charge in [0.25, 0.3) is 5.56 Å². The van der Waals surface area contributed by atoms with Crippen molar-refractivity contribution in [1.29, 1.82) is 0 Å². The molecule has 3 aliphatic rings. The van der Waals surface area contributed by atoms with Crippen LogP contribution in [-0.2, 0) is 27.2 Å². The lowest BCUT2D eigenvalue weighted by Gasteiger charge is -2.37. The van der Waals surface area contributed by atoms with E-state index in [1.807, 2.05) is 25.3 Å². The molecule has 3 aromatic rings. The van der Waals surface area contributed by atoms with Gasteiger partial charge in [0.15, 0.2) is 11.6 Å². The van der Waals surface area contributed by atoms with Crippen LogP contribution in [0.4, 0.5) is 0 Å². The van der Waals surface area contributed by atoms with E-state index in [-0.39, 0.29) is 11.3 Å². The highest BCUT2D eigenvalue weighted by molar-refractivity contribution is 6.01. The number of carbonyl (C=O) groups is 1. The number of fused-ring (bicyclic) bond motifs is 2. The van der Waals surface area contributed by atoms with E-state index in [2.05, 4.69) is 48.2 Å². The van der Waals surface area contributed by atoms with Gasteiger partial charge in [-0.3, -0.25) is 9.59 Å². The first-order valence-electron chi connectivity index (χ1n) is 14.2. The highest BCUT2D eigenvalue weighted by Gasteiger charge is 2.49. The number of hydrogen-bond acceptors (Lipinski definition) is 4. The van der Waals surface area contributed by atoms with Crippen molar-refractivity contribution in [2.45, 2.75) is 84.1 Å². The third kappa shape index (κ3) is 5.68. The first-order valence-corrected chi connectivity index (χ1v) is 14.2. The van der Waals surface area contributed by atoms with Crippen molar-refractivity contribution < 1.29 is 14.3 Å². The normalized spacial score (nSPS) is 19.0. The Hall–Kier alpha value is -3.53. The third-order valence-electron chi connectivity index (χ3n) is 8.70. The van der Waals surface area contributed by atoms with Gasteiger partial charge in [0, 0.05) is 56.5 Å². The first-order chi connectivity index (χ1) is 19.1. The summed E-state index contributed by atoms with van der Waals surface area (Å²) >= 11 is 0. The van der Waals surface area contributed by atoms with Crippen molar-refractivity contribution in [3.05, 3.63) is 98.1 Å². The average Bonchev–Trinajstić information content (AvgIpc) is 3.38. The van der Waals surface area contributed by atoms with Crippen molar-refractivity contribution in [3.63, 3.8) is 0 Å². The molecule has 1 aromatic heterocycles. The molecule has 0 N–H and O–H groups in total. The zero-order valence-electron chi connectivity index (χ0n) is 24.0. The molecule has 0 unspecified atom stereocenters. The molecule has 40 heavy (non-hydrogen) atoms. The maximum absolute atomic E-state index is 12.7. The Morgan fingerprint density at radius 1 is 0.900 bits per heavy atom. The summed E-state index contributed by atoms with van der Waals surface area (Å²) in [6.45, 7) is 17.7. The van der Waals surface area contributed by atoms with Crippen molar-refractivity contribution in [2.24, 2.45) is 0 Å². The molecule has 2 aliphatic carbocycles. The smallest absolute Gasteiger partial charge is 0.251 e. The average molecular weight is 539 g/mol. The minimum atomic E-state index is -0.460. The quantitative estimate of drug-likeness (QED) is 0.357. The molecule has 2 aromatic carbocycles. The lowest BCUT2D eigenvalue weighted by molar-refractivity contribution is -0.182. The van der Waals surface area contributed by atoms with Gasteiger partial charge in [0.05, 0.1) is 18.7 Å². The highest BCUT2D eigenvalue weighted by Crippen LogP contribution is 2.44. The van der Waals surface area contributed by atoms with Crippen LogP contribution in [0.1, 0.15) is 66.8 Å². The monoisotopic (exact) mass is 538 g/mol. The van der Waals surface area contributed by atoms with Gasteiger partial charge in [0.1, 0.15) is 0 Å². The number of aromatic nitrogens is 1. The lowest BCUT2D eigenvalue weighted by atomic mass is 9.77. The number of allylic oxidation sites excluding steroid dienone is 2. The summed E-state index contributed by atoms with van der Waals surface area (Å²) in [5.41, 5.74) is 7.40. The molecule has 208 valence electrons. The topological polar surface area (TPSA) is 61.9 Å². The van der Waals surface area contributed by atoms with Crippen LogP contribution in [0.5, 0.6) is 0 Å². The van der Waals surface area contributed by atoms with E-state index in [4.69, 9.17) is 16.0 Å². The van der Waals surface area contributed by atoms with E-state index < -0.39 is 11.3 Å². The van der Waals surface area contributed by atoms with Crippen LogP contribution in [0.3, 0.4) is 0 Å². The predicted octanol–water partition coefficient (Wildman–Crippen LogP) is 6.51. The number of benzene rings is 2. The molecule has 1 saturated carbocycles. The summed E-state index contributed by atoms with van der Waals surface area (Å²) < 4.78 is 13.5. The van der Waals surface area contributed by atoms with Gasteiger partial charge in [0.2, 0.25) is 5.54 Å². The van der Waals surface area contributed by atoms with Gasteiger partial charge < -0.3 is 18.9 Å². The summed E-state index contributed by atoms with van der Waals surface area (Å²) in [5, 5.41) is 1.10. The number of carbonyl (C=O) groups excluding carboxylic acids is 1. The Bertz CT molecular complexity index is 1570. The van der Waals surface area contributed by atoms with E-state index in [9.17, 15) is 9.59 Å². The van der Waals surface area contributed by atoms with E-state index in [1.54, 1.807) is 12.1 Å². The molecule has 1 saturated heterocycles. The number of nitrogens with zero attached hydrogens (tertiary/aromatic N) is 2. The van der Waals surface area contributed by atoms with Crippen molar-refractivity contribution >= 4 is 22.3 Å². The number of aryl methyl sites for hydroxylation is 4. The molecule has 6 rings (SSSR count). The van der Waals surface area contributed by atoms with Gasteiger partial charge in [-0.15, -0.1) is 0 Å². The maximum Gasteiger partial charge on any atom is 0.251 e. The fourth-order valence-electron chi connectivity index (χ4n) is 6.32. The Balaban J connectivity index is 0.000000207. The number of ether oxygens (including phenoxy) is 2. The van der Waals surface area contributed by atoms with Crippen LogP contribution in [0.25, 0.3) is 21.3 Å². The minimum Gasteiger partial charge on any atom is -0.348 e. The molecule has 0 atom stereocenters. The standard InChI is InChI=1S/C22H26N2O3.C12H12O/c1-16-4-5-18-17(2)15-20(25)24(19(18)14-16)11-10-21(23-3)6-8-22(9-7-21)26-12-13-27-22;1-8-3-4-12-9(2)6-11(13)7-10(12)5-8/h4-5,14-15H,6-13H2,1-2H3;3-6H,7H2,1-2H3. The number of hydrogen-bond donors (Lipinski definition) is 0. The van der Waals surface area contributed by atoms with Crippen molar-refractivity contribution in [2.75, 3.05) is 13.2 Å². The molecular weight excluding hydrogens is 500 g/mol. The van der Waals surface area contributed by atoms with Gasteiger partial charge in [-0.25, -0.2) is 6.57 Å². The molecule has 0 radical (unpaired) electrons. The Labute approximate surface area is 236 Å². The predicted molar refractivity (Wildman–Crippen MR) is 158 cm³/mol. The van der Waals surface area contributed by atoms with Gasteiger partial charge in [-0.1, -0.05) is 35.9 Å². The number of rotatable bonds is 3. The van der Waals surface area contributed by atoms with E-state index in [0.717, 1.165) is 53.3 Å². The maximum atomic E-state index is 12.7. The molecule has 6 nitrogen and oxygen atoms in total. The molecule has 1 aliphatic heterocycles. The summed E-state index contributed by atoms with van der Waals surface area (Å²) in [5.74, 6) is -0.241. The second-order valence-corrected chi connectivity index (χ2v) is 11.7. The third-order valence-corrected chi connectivity index (χ3v) is 8.70. The van der Waals surface area contributed by atoms with Gasteiger partial charge in [-0.05, 0) is 67.7 Å². The summed E-state index contributed by atoms with van der Waals surface area (Å²) in [4.78, 5) is 28.0. The van der Waals surface area contributed by atoms with Gasteiger partial charge in [-0.2, -0.15) is 0 Å². The van der Waals surface area contributed by atoms with Crippen LogP contribution in [0, 0.1) is 27.3 Å². The summed E-state index contributed by atoms with van der Waals surface area (Å²) in [6.07, 6.45) is 6.02. The van der Waals surface area contributed by atoms with E-state index in [0.29, 0.717) is 32.6 Å². The zero-order valence-corrected chi connectivity index (χ0v) is 24.0. The summed E-state index contributed by atoms with van der Waals surface area (Å²) in [7, 11) is 0. The summed E-state index contributed by atoms with van der Waals surface area (Å²) in [6, 6.07) is 14.2. The van der Waals surface area contributed by atoms with Crippen LogP contribution in [0.15, 0.2) is 53.3 Å². The lowest BCUT2D eigenvalue weighted by Crippen LogP contribution is -2.42. The van der Waals surface area contributed by atoms with Crippen LogP contribution >= 0.6 is 0 Å². The Kier molecular flexibility index (Phi) is 7.81. The molecular formula is C34H38N2O4. The number of ketones is 1. The first kappa shape index (κ1) is 28.0. The Morgan fingerprint density at radius 2 is 1.57 bits per heavy atom. The van der Waals surface area contributed by atoms with E-state index >= 15 is 0 Å². The second kappa shape index (κ2) is 11.2. The van der Waals surface area contributed by atoms with Gasteiger partial charge >= 0.3 is 0 Å². The SMILES string of the molecule is CC1=CC(=O)Cc2cc(C)ccc21.[C-]#[N+]C1(CCn2c(=O)cc(C)c3ccc(C)cc32)CCC2(CC1)OCCO2. The largest absolute Gasteiger partial charge is 0.348 e. The van der Waals surface area contributed by atoms with Crippen molar-refractivity contribution in [3.8, 4) is 0 Å². The Morgan fingerprint density at radius 3 is 2.27 bits per heavy atom. The minimum absolute atomic E-state index is 0.0143. The van der Waals surface area contributed by atoms with E-state index in [1.165, 1.54) is 16.7 Å². The van der Waals surface area contributed by atoms with Crippen LogP contribution in [-0.4, -0.2) is 34.9 Å². The fourth-order valence-corrected chi connectivity index (χ4v) is 6.32. The molecule has 1 spiro atoms. The molecule has 6 heteroatoms. The van der Waals surface area contributed by atoms with Crippen LogP contribution < -0.4 is 5.56 Å². The van der Waals surface area contributed by atoms with Crippen LogP contribution in [0.2, 0.25) is 0 Å². The number of pyridine rings is 1. The second-order valence-electron chi connectivity index (χ2n) is 11.7. The van der Waals surface area contributed by atoms with Crippen molar-refractivity contribution in [1.82, 2.24) is 4.57 Å².